The van der Waals surface area contributed by atoms with E-state index in [-0.39, 0.29) is 0 Å². The minimum Gasteiger partial charge on any atom is -0.303 e. The number of rotatable bonds is 10. The summed E-state index contributed by atoms with van der Waals surface area (Å²) < 4.78 is 8.88. The van der Waals surface area contributed by atoms with Gasteiger partial charge in [0.05, 0.1) is 0 Å². The average Bonchev–Trinajstić information content (AvgIpc) is 2.78. The minimum absolute atomic E-state index is 1.17. The fourth-order valence-electron chi connectivity index (χ4n) is 3.86. The van der Waals surface area contributed by atoms with E-state index in [1.165, 1.54) is 79.2 Å². The van der Waals surface area contributed by atoms with Crippen molar-refractivity contribution in [3.8, 4) is 22.3 Å². The summed E-state index contributed by atoms with van der Waals surface area (Å²) in [6, 6.07) is 28.5. The zero-order valence-electron chi connectivity index (χ0n) is 18.9. The first-order valence-corrected chi connectivity index (χ1v) is 13.0. The predicted octanol–water partition coefficient (Wildman–Crippen LogP) is 7.39. The number of hydrogen-bond acceptors (Lipinski definition) is 1. The van der Waals surface area contributed by atoms with Gasteiger partial charge in [-0.2, -0.15) is 0 Å². The Morgan fingerprint density at radius 2 is 1.06 bits per heavy atom. The van der Waals surface area contributed by atoms with Crippen LogP contribution in [0.1, 0.15) is 57.4 Å². The second-order valence-electron chi connectivity index (χ2n) is 7.95. The van der Waals surface area contributed by atoms with E-state index >= 15 is 0 Å². The summed E-state index contributed by atoms with van der Waals surface area (Å²) in [5.41, 5.74) is 6.84. The minimum atomic E-state index is -4.64. The normalized spacial score (nSPS) is 11.0. The van der Waals surface area contributed by atoms with Gasteiger partial charge in [-0.05, 0) is 40.7 Å². The molecule has 0 fully saturated rings. The Hall–Kier alpha value is -2.23. The number of benzene rings is 3. The van der Waals surface area contributed by atoms with E-state index in [9.17, 15) is 0 Å². The van der Waals surface area contributed by atoms with E-state index in [2.05, 4.69) is 85.8 Å². The van der Waals surface area contributed by atoms with Crippen LogP contribution in [0, 0.1) is 0 Å². The third-order valence-electron chi connectivity index (χ3n) is 5.37. The zero-order chi connectivity index (χ0) is 23.2. The molecule has 0 aliphatic rings. The molecule has 0 amide bonds. The van der Waals surface area contributed by atoms with E-state index in [1.807, 2.05) is 0 Å². The summed E-state index contributed by atoms with van der Waals surface area (Å²) in [5, 5.41) is 0. The number of phosphoric acid groups is 1. The second kappa shape index (κ2) is 14.0. The van der Waals surface area contributed by atoms with Gasteiger partial charge in [0.25, 0.3) is 0 Å². The summed E-state index contributed by atoms with van der Waals surface area (Å²) in [6.45, 7) is 2.28. The van der Waals surface area contributed by atoms with E-state index in [0.717, 1.165) is 0 Å². The molecule has 0 atom stereocenters. The van der Waals surface area contributed by atoms with Crippen LogP contribution < -0.4 is 0 Å². The van der Waals surface area contributed by atoms with Gasteiger partial charge in [0.15, 0.2) is 0 Å². The molecule has 0 spiro atoms. The van der Waals surface area contributed by atoms with E-state index in [1.54, 1.807) is 0 Å². The van der Waals surface area contributed by atoms with Crippen molar-refractivity contribution in [1.82, 2.24) is 0 Å². The Bertz CT molecular complexity index is 958. The average molecular weight is 455 g/mol. The van der Waals surface area contributed by atoms with Crippen LogP contribution in [-0.4, -0.2) is 14.7 Å². The summed E-state index contributed by atoms with van der Waals surface area (Å²) >= 11 is 0. The highest BCUT2D eigenvalue weighted by atomic mass is 31.2. The van der Waals surface area contributed by atoms with Gasteiger partial charge in [0, 0.05) is 0 Å². The largest absolute Gasteiger partial charge is 0.466 e. The smallest absolute Gasteiger partial charge is 0.303 e. The molecular weight excluding hydrogens is 419 g/mol. The summed E-state index contributed by atoms with van der Waals surface area (Å²) in [7, 11) is -4.64. The highest BCUT2D eigenvalue weighted by molar-refractivity contribution is 7.45. The van der Waals surface area contributed by atoms with Crippen LogP contribution in [0.5, 0.6) is 0 Å². The van der Waals surface area contributed by atoms with Gasteiger partial charge in [-0.25, -0.2) is 4.57 Å². The molecule has 0 bridgehead atoms. The molecule has 0 heterocycles. The van der Waals surface area contributed by atoms with Crippen LogP contribution in [0.25, 0.3) is 22.3 Å². The van der Waals surface area contributed by atoms with Crippen LogP contribution in [0.15, 0.2) is 78.9 Å². The van der Waals surface area contributed by atoms with E-state index in [0.29, 0.717) is 0 Å². The van der Waals surface area contributed by atoms with Gasteiger partial charge in [0.2, 0.25) is 0 Å². The van der Waals surface area contributed by atoms with Gasteiger partial charge in [-0.3, -0.25) is 0 Å². The first-order chi connectivity index (χ1) is 15.4. The first kappa shape index (κ1) is 26.0. The van der Waals surface area contributed by atoms with Crippen LogP contribution >= 0.6 is 7.82 Å². The topological polar surface area (TPSA) is 77.8 Å². The lowest BCUT2D eigenvalue weighted by atomic mass is 9.90. The van der Waals surface area contributed by atoms with Crippen LogP contribution in [0.3, 0.4) is 0 Å². The Morgan fingerprint density at radius 3 is 1.69 bits per heavy atom. The van der Waals surface area contributed by atoms with E-state index < -0.39 is 7.82 Å². The van der Waals surface area contributed by atoms with Crippen molar-refractivity contribution >= 4 is 7.82 Å². The second-order valence-corrected chi connectivity index (χ2v) is 8.98. The van der Waals surface area contributed by atoms with Crippen molar-refractivity contribution in [2.75, 3.05) is 0 Å². The molecule has 0 aliphatic carbocycles. The number of aryl methyl sites for hydroxylation is 1. The molecule has 0 unspecified atom stereocenters. The van der Waals surface area contributed by atoms with Gasteiger partial charge in [-0.1, -0.05) is 124 Å². The zero-order valence-corrected chi connectivity index (χ0v) is 19.8. The van der Waals surface area contributed by atoms with Crippen LogP contribution in [-0.2, 0) is 11.0 Å². The Morgan fingerprint density at radius 1 is 0.594 bits per heavy atom. The molecule has 5 heteroatoms. The monoisotopic (exact) mass is 454 g/mol. The molecule has 4 nitrogen and oxygen atoms in total. The SMILES string of the molecule is CCCCCCCCCc1ccccc1-c1ccccc1-c1ccccc1.O=P(O)(O)O. The number of unbranched alkanes of at least 4 members (excludes halogenated alkanes) is 6. The van der Waals surface area contributed by atoms with E-state index in [4.69, 9.17) is 19.2 Å². The molecule has 3 aromatic rings. The highest BCUT2D eigenvalue weighted by Crippen LogP contribution is 2.34. The third kappa shape index (κ3) is 9.93. The standard InChI is InChI=1S/C27H32.H3O4P/c1-2-3-4-5-6-7-9-16-24-19-12-13-20-25(24)27-22-15-14-21-26(27)23-17-10-8-11-18-23;1-5(2,3)4/h8,10-15,17-22H,2-7,9,16H2,1H3;(H3,1,2,3,4). The molecule has 172 valence electrons. The molecule has 0 saturated heterocycles. The lowest BCUT2D eigenvalue weighted by Crippen LogP contribution is -1.93. The van der Waals surface area contributed by atoms with Crippen LogP contribution in [0.2, 0.25) is 0 Å². The summed E-state index contributed by atoms with van der Waals surface area (Å²) in [4.78, 5) is 21.6. The highest BCUT2D eigenvalue weighted by Gasteiger charge is 2.10. The van der Waals surface area contributed by atoms with Crippen molar-refractivity contribution in [3.05, 3.63) is 84.4 Å². The van der Waals surface area contributed by atoms with Gasteiger partial charge in [0.1, 0.15) is 0 Å². The maximum Gasteiger partial charge on any atom is 0.466 e. The van der Waals surface area contributed by atoms with Crippen molar-refractivity contribution in [3.63, 3.8) is 0 Å². The van der Waals surface area contributed by atoms with Gasteiger partial charge >= 0.3 is 7.82 Å². The van der Waals surface area contributed by atoms with Gasteiger partial charge in [-0.15, -0.1) is 0 Å². The number of hydrogen-bond donors (Lipinski definition) is 3. The van der Waals surface area contributed by atoms with Crippen LogP contribution in [0.4, 0.5) is 0 Å². The lowest BCUT2D eigenvalue weighted by molar-refractivity contribution is 0.275. The summed E-state index contributed by atoms with van der Waals surface area (Å²) in [6.07, 6.45) is 10.7. The summed E-state index contributed by atoms with van der Waals surface area (Å²) in [5.74, 6) is 0. The molecule has 0 saturated carbocycles. The first-order valence-electron chi connectivity index (χ1n) is 11.4. The van der Waals surface area contributed by atoms with Gasteiger partial charge < -0.3 is 14.7 Å². The molecule has 3 rings (SSSR count). The Kier molecular flexibility index (Phi) is 11.4. The fourth-order valence-corrected chi connectivity index (χ4v) is 3.86. The van der Waals surface area contributed by atoms with Crippen molar-refractivity contribution in [1.29, 1.82) is 0 Å². The predicted molar refractivity (Wildman–Crippen MR) is 133 cm³/mol. The molecule has 32 heavy (non-hydrogen) atoms. The molecule has 3 N–H and O–H groups in total. The van der Waals surface area contributed by atoms with Crippen molar-refractivity contribution in [2.45, 2.75) is 58.3 Å². The maximum absolute atomic E-state index is 8.88. The Balaban J connectivity index is 0.000000654. The molecular formula is C27H35O4P. The lowest BCUT2D eigenvalue weighted by Gasteiger charge is -2.14. The third-order valence-corrected chi connectivity index (χ3v) is 5.37. The van der Waals surface area contributed by atoms with Crippen molar-refractivity contribution in [2.24, 2.45) is 0 Å². The quantitative estimate of drug-likeness (QED) is 0.220. The molecule has 0 aromatic heterocycles. The van der Waals surface area contributed by atoms with Crippen molar-refractivity contribution < 1.29 is 19.2 Å². The molecule has 3 aromatic carbocycles. The fraction of sp³-hybridized carbons (Fsp3) is 0.333. The molecule has 0 radical (unpaired) electrons. The maximum atomic E-state index is 8.88. The Labute approximate surface area is 192 Å². The molecule has 0 aliphatic heterocycles.